The third-order valence-corrected chi connectivity index (χ3v) is 3.25. The molecule has 1 aromatic rings. The van der Waals surface area contributed by atoms with E-state index < -0.39 is 11.4 Å². The van der Waals surface area contributed by atoms with E-state index in [9.17, 15) is 9.59 Å². The minimum Gasteiger partial charge on any atom is -0.481 e. The SMILES string of the molecule is CC(C)(CNC(=O)c1ccccc1C(C)(C)C)C(=O)O. The van der Waals surface area contributed by atoms with Crippen LogP contribution in [0.25, 0.3) is 0 Å². The fourth-order valence-corrected chi connectivity index (χ4v) is 1.81. The number of carbonyl (C=O) groups is 2. The molecule has 0 spiro atoms. The molecule has 0 saturated carbocycles. The molecule has 0 radical (unpaired) electrons. The Morgan fingerprint density at radius 3 is 2.15 bits per heavy atom. The van der Waals surface area contributed by atoms with Gasteiger partial charge in [-0.25, -0.2) is 0 Å². The Hall–Kier alpha value is -1.84. The maximum atomic E-state index is 12.3. The summed E-state index contributed by atoms with van der Waals surface area (Å²) in [5.41, 5.74) is 0.426. The zero-order valence-electron chi connectivity index (χ0n) is 12.8. The summed E-state index contributed by atoms with van der Waals surface area (Å²) in [6.07, 6.45) is 0. The highest BCUT2D eigenvalue weighted by molar-refractivity contribution is 5.96. The molecule has 0 unspecified atom stereocenters. The number of carboxylic acid groups (broad SMARTS) is 1. The molecule has 110 valence electrons. The van der Waals surface area contributed by atoms with Crippen LogP contribution in [0.15, 0.2) is 24.3 Å². The van der Waals surface area contributed by atoms with Crippen LogP contribution < -0.4 is 5.32 Å². The molecule has 0 heterocycles. The zero-order chi connectivity index (χ0) is 15.6. The average molecular weight is 277 g/mol. The molecule has 1 aromatic carbocycles. The fraction of sp³-hybridized carbons (Fsp3) is 0.500. The number of benzene rings is 1. The van der Waals surface area contributed by atoms with Gasteiger partial charge in [-0.1, -0.05) is 39.0 Å². The van der Waals surface area contributed by atoms with Crippen molar-refractivity contribution in [2.45, 2.75) is 40.0 Å². The molecular formula is C16H23NO3. The van der Waals surface area contributed by atoms with Crippen LogP contribution in [0.1, 0.15) is 50.5 Å². The molecule has 1 rings (SSSR count). The Labute approximate surface area is 120 Å². The fourth-order valence-electron chi connectivity index (χ4n) is 1.81. The van der Waals surface area contributed by atoms with Gasteiger partial charge in [-0.15, -0.1) is 0 Å². The maximum Gasteiger partial charge on any atom is 0.310 e. The van der Waals surface area contributed by atoms with E-state index in [2.05, 4.69) is 5.32 Å². The highest BCUT2D eigenvalue weighted by atomic mass is 16.4. The van der Waals surface area contributed by atoms with Crippen molar-refractivity contribution >= 4 is 11.9 Å². The number of rotatable bonds is 4. The van der Waals surface area contributed by atoms with Gasteiger partial charge in [0.25, 0.3) is 5.91 Å². The van der Waals surface area contributed by atoms with Crippen LogP contribution in [0.2, 0.25) is 0 Å². The van der Waals surface area contributed by atoms with Crippen molar-refractivity contribution in [2.75, 3.05) is 6.54 Å². The van der Waals surface area contributed by atoms with Crippen molar-refractivity contribution in [1.82, 2.24) is 5.32 Å². The molecule has 0 fully saturated rings. The van der Waals surface area contributed by atoms with Crippen molar-refractivity contribution in [2.24, 2.45) is 5.41 Å². The molecule has 0 aliphatic rings. The van der Waals surface area contributed by atoms with Gasteiger partial charge in [-0.05, 0) is 30.9 Å². The van der Waals surface area contributed by atoms with Crippen LogP contribution in [0.4, 0.5) is 0 Å². The van der Waals surface area contributed by atoms with Gasteiger partial charge in [-0.3, -0.25) is 9.59 Å². The molecule has 20 heavy (non-hydrogen) atoms. The van der Waals surface area contributed by atoms with Crippen molar-refractivity contribution in [1.29, 1.82) is 0 Å². The Morgan fingerprint density at radius 1 is 1.10 bits per heavy atom. The maximum absolute atomic E-state index is 12.3. The van der Waals surface area contributed by atoms with E-state index in [0.717, 1.165) is 5.56 Å². The first kappa shape index (κ1) is 16.2. The van der Waals surface area contributed by atoms with Gasteiger partial charge in [0.15, 0.2) is 0 Å². The van der Waals surface area contributed by atoms with Gasteiger partial charge >= 0.3 is 5.97 Å². The smallest absolute Gasteiger partial charge is 0.310 e. The summed E-state index contributed by atoms with van der Waals surface area (Å²) in [5, 5.41) is 11.8. The molecular weight excluding hydrogens is 254 g/mol. The zero-order valence-corrected chi connectivity index (χ0v) is 12.8. The van der Waals surface area contributed by atoms with Gasteiger partial charge in [0.2, 0.25) is 0 Å². The number of nitrogens with one attached hydrogen (secondary N) is 1. The third-order valence-electron chi connectivity index (χ3n) is 3.25. The molecule has 4 heteroatoms. The van der Waals surface area contributed by atoms with Crippen molar-refractivity contribution in [3.8, 4) is 0 Å². The predicted molar refractivity (Wildman–Crippen MR) is 78.9 cm³/mol. The van der Waals surface area contributed by atoms with Crippen molar-refractivity contribution in [3.63, 3.8) is 0 Å². The lowest BCUT2D eigenvalue weighted by molar-refractivity contribution is -0.146. The largest absolute Gasteiger partial charge is 0.481 e. The van der Waals surface area contributed by atoms with Gasteiger partial charge in [0.05, 0.1) is 5.41 Å². The molecule has 0 bridgehead atoms. The van der Waals surface area contributed by atoms with E-state index in [1.54, 1.807) is 19.9 Å². The summed E-state index contributed by atoms with van der Waals surface area (Å²) < 4.78 is 0. The molecule has 0 aromatic heterocycles. The minimum atomic E-state index is -0.980. The van der Waals surface area contributed by atoms with E-state index in [1.807, 2.05) is 39.0 Å². The number of hydrogen-bond donors (Lipinski definition) is 2. The monoisotopic (exact) mass is 277 g/mol. The second kappa shape index (κ2) is 5.65. The lowest BCUT2D eigenvalue weighted by atomic mass is 9.83. The van der Waals surface area contributed by atoms with Crippen LogP contribution in [-0.4, -0.2) is 23.5 Å². The third kappa shape index (κ3) is 3.83. The molecule has 0 aliphatic heterocycles. The van der Waals surface area contributed by atoms with Crippen LogP contribution in [0.5, 0.6) is 0 Å². The van der Waals surface area contributed by atoms with E-state index >= 15 is 0 Å². The number of carboxylic acids is 1. The Morgan fingerprint density at radius 2 is 1.65 bits per heavy atom. The predicted octanol–water partition coefficient (Wildman–Crippen LogP) is 2.82. The number of aliphatic carboxylic acids is 1. The molecule has 1 amide bonds. The number of hydrogen-bond acceptors (Lipinski definition) is 2. The van der Waals surface area contributed by atoms with Crippen LogP contribution in [0.3, 0.4) is 0 Å². The summed E-state index contributed by atoms with van der Waals surface area (Å²) in [5.74, 6) is -1.16. The second-order valence-corrected chi connectivity index (χ2v) is 6.67. The van der Waals surface area contributed by atoms with Crippen molar-refractivity contribution < 1.29 is 14.7 Å². The first-order valence-corrected chi connectivity index (χ1v) is 6.67. The Balaban J connectivity index is 2.92. The number of carbonyl (C=O) groups excluding carboxylic acids is 1. The van der Waals surface area contributed by atoms with Gasteiger partial charge in [-0.2, -0.15) is 0 Å². The summed E-state index contributed by atoms with van der Waals surface area (Å²) in [6, 6.07) is 7.41. The first-order chi connectivity index (χ1) is 9.05. The molecule has 0 aliphatic carbocycles. The summed E-state index contributed by atoms with van der Waals surface area (Å²) >= 11 is 0. The van der Waals surface area contributed by atoms with Crippen LogP contribution in [-0.2, 0) is 10.2 Å². The first-order valence-electron chi connectivity index (χ1n) is 6.67. The summed E-state index contributed by atoms with van der Waals surface area (Å²) in [6.45, 7) is 9.40. The lowest BCUT2D eigenvalue weighted by Gasteiger charge is -2.24. The van der Waals surface area contributed by atoms with Gasteiger partial charge in [0.1, 0.15) is 0 Å². The van der Waals surface area contributed by atoms with Gasteiger partial charge < -0.3 is 10.4 Å². The molecule has 4 nitrogen and oxygen atoms in total. The Kier molecular flexibility index (Phi) is 4.58. The normalized spacial score (nSPS) is 12.1. The minimum absolute atomic E-state index is 0.0969. The van der Waals surface area contributed by atoms with Crippen molar-refractivity contribution in [3.05, 3.63) is 35.4 Å². The Bertz CT molecular complexity index is 513. The highest BCUT2D eigenvalue weighted by Gasteiger charge is 2.28. The molecule has 0 saturated heterocycles. The summed E-state index contributed by atoms with van der Waals surface area (Å²) in [4.78, 5) is 23.3. The highest BCUT2D eigenvalue weighted by Crippen LogP contribution is 2.25. The van der Waals surface area contributed by atoms with E-state index in [-0.39, 0.29) is 17.9 Å². The topological polar surface area (TPSA) is 66.4 Å². The second-order valence-electron chi connectivity index (χ2n) is 6.67. The van der Waals surface area contributed by atoms with Crippen LogP contribution in [0, 0.1) is 5.41 Å². The number of amides is 1. The van der Waals surface area contributed by atoms with E-state index in [1.165, 1.54) is 0 Å². The van der Waals surface area contributed by atoms with E-state index in [4.69, 9.17) is 5.11 Å². The standard InChI is InChI=1S/C16H23NO3/c1-15(2,3)12-9-7-6-8-11(12)13(18)17-10-16(4,5)14(19)20/h6-9H,10H2,1-5H3,(H,17,18)(H,19,20). The quantitative estimate of drug-likeness (QED) is 0.889. The van der Waals surface area contributed by atoms with Crippen LogP contribution >= 0.6 is 0 Å². The molecule has 2 N–H and O–H groups in total. The average Bonchev–Trinajstić information content (AvgIpc) is 2.35. The van der Waals surface area contributed by atoms with Gasteiger partial charge in [0, 0.05) is 12.1 Å². The summed E-state index contributed by atoms with van der Waals surface area (Å²) in [7, 11) is 0. The molecule has 0 atom stereocenters. The lowest BCUT2D eigenvalue weighted by Crippen LogP contribution is -2.39. The van der Waals surface area contributed by atoms with E-state index in [0.29, 0.717) is 5.56 Å².